The lowest BCUT2D eigenvalue weighted by Gasteiger charge is -2.41. The van der Waals surface area contributed by atoms with Crippen LogP contribution in [-0.4, -0.2) is 24.1 Å². The number of benzene rings is 1. The molecule has 2 bridgehead atoms. The number of amides is 1. The topological polar surface area (TPSA) is 75.6 Å². The number of ether oxygens (including phenoxy) is 1. The van der Waals surface area contributed by atoms with E-state index >= 15 is 0 Å². The fraction of sp³-hybridized carbons (Fsp3) is 0.444. The highest BCUT2D eigenvalue weighted by Gasteiger charge is 2.62. The Bertz CT molecular complexity index is 681. The Labute approximate surface area is 134 Å². The van der Waals surface area contributed by atoms with Crippen LogP contribution in [0.25, 0.3) is 0 Å². The van der Waals surface area contributed by atoms with E-state index in [9.17, 15) is 14.7 Å². The maximum atomic E-state index is 12.8. The molecule has 1 aromatic rings. The monoisotopic (exact) mass is 313 g/mol. The third-order valence-corrected chi connectivity index (χ3v) is 5.60. The summed E-state index contributed by atoms with van der Waals surface area (Å²) in [6.07, 6.45) is 5.14. The molecule has 5 nitrogen and oxygen atoms in total. The van der Waals surface area contributed by atoms with Crippen LogP contribution in [0.3, 0.4) is 0 Å². The van der Waals surface area contributed by atoms with Gasteiger partial charge in [-0.25, -0.2) is 0 Å². The molecule has 4 aliphatic rings. The van der Waals surface area contributed by atoms with Gasteiger partial charge in [-0.3, -0.25) is 9.59 Å². The molecule has 5 rings (SSSR count). The van der Waals surface area contributed by atoms with Crippen LogP contribution in [0, 0.1) is 35.5 Å². The van der Waals surface area contributed by atoms with E-state index in [0.717, 1.165) is 6.42 Å². The Kier molecular flexibility index (Phi) is 3.18. The summed E-state index contributed by atoms with van der Waals surface area (Å²) in [4.78, 5) is 24.5. The smallest absolute Gasteiger partial charge is 0.307 e. The van der Waals surface area contributed by atoms with Gasteiger partial charge in [-0.2, -0.15) is 0 Å². The van der Waals surface area contributed by atoms with Gasteiger partial charge in [0.2, 0.25) is 5.91 Å². The molecule has 0 heterocycles. The summed E-state index contributed by atoms with van der Waals surface area (Å²) in [6.45, 7) is 0. The minimum Gasteiger partial charge on any atom is -0.497 e. The highest BCUT2D eigenvalue weighted by molar-refractivity contribution is 5.96. The number of allylic oxidation sites excluding steroid dienone is 2. The molecular weight excluding hydrogens is 294 g/mol. The molecule has 0 saturated heterocycles. The number of fused-ring (bicyclic) bond motifs is 1. The van der Waals surface area contributed by atoms with E-state index in [1.165, 1.54) is 0 Å². The number of carboxylic acids is 1. The fourth-order valence-electron chi connectivity index (χ4n) is 4.47. The second kappa shape index (κ2) is 5.11. The summed E-state index contributed by atoms with van der Waals surface area (Å²) in [5, 5.41) is 12.5. The van der Waals surface area contributed by atoms with Crippen molar-refractivity contribution >= 4 is 17.6 Å². The van der Waals surface area contributed by atoms with Gasteiger partial charge in [0.15, 0.2) is 0 Å². The molecule has 4 aliphatic carbocycles. The molecule has 0 radical (unpaired) electrons. The maximum Gasteiger partial charge on any atom is 0.307 e. The summed E-state index contributed by atoms with van der Waals surface area (Å²) in [7, 11) is 1.59. The Balaban J connectivity index is 1.56. The van der Waals surface area contributed by atoms with Crippen molar-refractivity contribution in [2.24, 2.45) is 35.5 Å². The lowest BCUT2D eigenvalue weighted by atomic mass is 9.62. The average Bonchev–Trinajstić information content (AvgIpc) is 3.37. The fourth-order valence-corrected chi connectivity index (χ4v) is 4.47. The second-order valence-electron chi connectivity index (χ2n) is 6.71. The molecule has 1 aromatic carbocycles. The largest absolute Gasteiger partial charge is 0.497 e. The molecule has 0 unspecified atom stereocenters. The van der Waals surface area contributed by atoms with Gasteiger partial charge in [0.1, 0.15) is 5.75 Å². The van der Waals surface area contributed by atoms with Crippen molar-refractivity contribution in [1.29, 1.82) is 0 Å². The van der Waals surface area contributed by atoms with Gasteiger partial charge in [-0.15, -0.1) is 0 Å². The normalized spacial score (nSPS) is 36.2. The Morgan fingerprint density at radius 1 is 1.09 bits per heavy atom. The number of nitrogens with one attached hydrogen (secondary N) is 1. The first kappa shape index (κ1) is 14.3. The first-order chi connectivity index (χ1) is 11.1. The molecular formula is C18H19NO4. The standard InChI is InChI=1S/C18H19NO4/c1-23-10-4-2-9(3-5-10)19-17(20)15-11-6-7-12(14-8-13(11)14)16(15)18(21)22/h2-7,11-16H,8H2,1H3,(H,19,20)(H,21,22)/t11-,12+,13+,14+,15+,16-/m0/s1. The van der Waals surface area contributed by atoms with Crippen LogP contribution < -0.4 is 10.1 Å². The molecule has 2 N–H and O–H groups in total. The van der Waals surface area contributed by atoms with Crippen molar-refractivity contribution in [3.63, 3.8) is 0 Å². The SMILES string of the molecule is COc1ccc(NC(=O)[C@@H]2[C@H]3C=C[C@H]([C@H]4C[C@H]34)[C@@H]2C(=O)O)cc1. The van der Waals surface area contributed by atoms with E-state index in [2.05, 4.69) is 11.4 Å². The van der Waals surface area contributed by atoms with Crippen molar-refractivity contribution in [2.45, 2.75) is 6.42 Å². The summed E-state index contributed by atoms with van der Waals surface area (Å²) >= 11 is 0. The zero-order valence-electron chi connectivity index (χ0n) is 12.8. The number of hydrogen-bond donors (Lipinski definition) is 2. The highest BCUT2D eigenvalue weighted by Crippen LogP contribution is 2.63. The molecule has 120 valence electrons. The highest BCUT2D eigenvalue weighted by atomic mass is 16.5. The van der Waals surface area contributed by atoms with Crippen LogP contribution in [0.4, 0.5) is 5.69 Å². The zero-order valence-corrected chi connectivity index (χ0v) is 12.8. The summed E-state index contributed by atoms with van der Waals surface area (Å²) in [5.74, 6) is -0.383. The summed E-state index contributed by atoms with van der Waals surface area (Å²) in [5.41, 5.74) is 0.665. The molecule has 5 heteroatoms. The number of carbonyl (C=O) groups excluding carboxylic acids is 1. The van der Waals surface area contributed by atoms with Gasteiger partial charge in [-0.1, -0.05) is 12.2 Å². The van der Waals surface area contributed by atoms with Crippen LogP contribution in [0.15, 0.2) is 36.4 Å². The Morgan fingerprint density at radius 2 is 1.70 bits per heavy atom. The van der Waals surface area contributed by atoms with Gasteiger partial charge in [0.05, 0.1) is 18.9 Å². The first-order valence-corrected chi connectivity index (χ1v) is 7.96. The molecule has 1 amide bonds. The number of hydrogen-bond acceptors (Lipinski definition) is 3. The number of rotatable bonds is 4. The van der Waals surface area contributed by atoms with E-state index in [4.69, 9.17) is 4.74 Å². The molecule has 0 aliphatic heterocycles. The van der Waals surface area contributed by atoms with Gasteiger partial charge in [-0.05, 0) is 54.4 Å². The number of aliphatic carboxylic acids is 1. The van der Waals surface area contributed by atoms with Gasteiger partial charge in [0, 0.05) is 5.69 Å². The third kappa shape index (κ3) is 2.22. The van der Waals surface area contributed by atoms with Crippen molar-refractivity contribution in [2.75, 3.05) is 12.4 Å². The van der Waals surface area contributed by atoms with Crippen molar-refractivity contribution in [3.05, 3.63) is 36.4 Å². The molecule has 2 saturated carbocycles. The van der Waals surface area contributed by atoms with Crippen molar-refractivity contribution < 1.29 is 19.4 Å². The van der Waals surface area contributed by atoms with E-state index in [1.54, 1.807) is 31.4 Å². The molecule has 0 spiro atoms. The van der Waals surface area contributed by atoms with Crippen LogP contribution in [0.2, 0.25) is 0 Å². The third-order valence-electron chi connectivity index (χ3n) is 5.60. The lowest BCUT2D eigenvalue weighted by molar-refractivity contribution is -0.152. The predicted octanol–water partition coefficient (Wildman–Crippen LogP) is 2.40. The van der Waals surface area contributed by atoms with Gasteiger partial charge in [0.25, 0.3) is 0 Å². The average molecular weight is 313 g/mol. The number of carbonyl (C=O) groups is 2. The van der Waals surface area contributed by atoms with E-state index < -0.39 is 17.8 Å². The molecule has 2 fully saturated rings. The van der Waals surface area contributed by atoms with Gasteiger partial charge >= 0.3 is 5.97 Å². The zero-order chi connectivity index (χ0) is 16.1. The van der Waals surface area contributed by atoms with Crippen molar-refractivity contribution in [1.82, 2.24) is 0 Å². The van der Waals surface area contributed by atoms with Gasteiger partial charge < -0.3 is 15.2 Å². The van der Waals surface area contributed by atoms with Crippen molar-refractivity contribution in [3.8, 4) is 5.75 Å². The quantitative estimate of drug-likeness (QED) is 0.837. The Hall–Kier alpha value is -2.30. The summed E-state index contributed by atoms with van der Waals surface area (Å²) < 4.78 is 5.10. The second-order valence-corrected chi connectivity index (χ2v) is 6.71. The Morgan fingerprint density at radius 3 is 2.26 bits per heavy atom. The van der Waals surface area contributed by atoms with Crippen LogP contribution >= 0.6 is 0 Å². The van der Waals surface area contributed by atoms with Crippen LogP contribution in [0.5, 0.6) is 5.75 Å². The molecule has 0 aromatic heterocycles. The molecule has 23 heavy (non-hydrogen) atoms. The first-order valence-electron chi connectivity index (χ1n) is 7.96. The van der Waals surface area contributed by atoms with E-state index in [0.29, 0.717) is 23.3 Å². The minimum atomic E-state index is -0.857. The maximum absolute atomic E-state index is 12.8. The summed E-state index contributed by atoms with van der Waals surface area (Å²) in [6, 6.07) is 7.08. The lowest BCUT2D eigenvalue weighted by Crippen LogP contribution is -2.48. The number of anilines is 1. The minimum absolute atomic E-state index is 0.00844. The number of methoxy groups -OCH3 is 1. The van der Waals surface area contributed by atoms with E-state index in [-0.39, 0.29) is 17.7 Å². The van der Waals surface area contributed by atoms with Crippen LogP contribution in [-0.2, 0) is 9.59 Å². The van der Waals surface area contributed by atoms with Crippen LogP contribution in [0.1, 0.15) is 6.42 Å². The predicted molar refractivity (Wildman–Crippen MR) is 84.0 cm³/mol. The number of carboxylic acid groups (broad SMARTS) is 1. The van der Waals surface area contributed by atoms with E-state index in [1.807, 2.05) is 6.08 Å². The molecule has 6 atom stereocenters.